The van der Waals surface area contributed by atoms with Crippen molar-refractivity contribution in [2.45, 2.75) is 38.3 Å². The van der Waals surface area contributed by atoms with E-state index in [2.05, 4.69) is 11.0 Å². The molecule has 0 amide bonds. The second-order valence-electron chi connectivity index (χ2n) is 4.96. The lowest BCUT2D eigenvalue weighted by Crippen LogP contribution is -2.36. The third-order valence-corrected chi connectivity index (χ3v) is 3.63. The van der Waals surface area contributed by atoms with Gasteiger partial charge in [-0.15, -0.1) is 0 Å². The van der Waals surface area contributed by atoms with Crippen molar-refractivity contribution in [2.75, 3.05) is 13.1 Å². The molecule has 18 heavy (non-hydrogen) atoms. The summed E-state index contributed by atoms with van der Waals surface area (Å²) >= 11 is 0. The molecule has 0 aromatic heterocycles. The molecular weight excluding hydrogens is 234 g/mol. The molecule has 1 saturated heterocycles. The van der Waals surface area contributed by atoms with Crippen LogP contribution in [-0.2, 0) is 14.3 Å². The Labute approximate surface area is 106 Å². The highest BCUT2D eigenvalue weighted by Gasteiger charge is 2.36. The van der Waals surface area contributed by atoms with Crippen LogP contribution in [0.2, 0.25) is 0 Å². The van der Waals surface area contributed by atoms with Crippen LogP contribution in [0.25, 0.3) is 0 Å². The zero-order chi connectivity index (χ0) is 13.1. The standard InChI is InChI=1S/C13H19NO4/c1-9(15)18-12(13(16)17)10-4-5-11(8-10)14-6-2-3-7-14/h4-5,10-12H,2-3,6-8H2,1H3,(H,16,17)/t10-,11+,12+/m1/s1. The van der Waals surface area contributed by atoms with E-state index in [0.717, 1.165) is 19.5 Å². The maximum absolute atomic E-state index is 11.1. The molecule has 0 radical (unpaired) electrons. The first-order valence-corrected chi connectivity index (χ1v) is 6.40. The molecule has 0 spiro atoms. The SMILES string of the molecule is CC(=O)O[C@H](C(=O)O)[C@@H]1C=C[C@H](N2CCCC2)C1. The van der Waals surface area contributed by atoms with Gasteiger partial charge in [-0.3, -0.25) is 9.69 Å². The second-order valence-corrected chi connectivity index (χ2v) is 4.96. The number of nitrogens with zero attached hydrogens (tertiary/aromatic N) is 1. The minimum atomic E-state index is -1.07. The molecule has 1 aliphatic carbocycles. The quantitative estimate of drug-likeness (QED) is 0.599. The van der Waals surface area contributed by atoms with Crippen LogP contribution in [0.3, 0.4) is 0 Å². The van der Waals surface area contributed by atoms with Crippen LogP contribution >= 0.6 is 0 Å². The number of hydrogen-bond donors (Lipinski definition) is 1. The number of carboxylic acid groups (broad SMARTS) is 1. The maximum atomic E-state index is 11.1. The lowest BCUT2D eigenvalue weighted by Gasteiger charge is -2.24. The van der Waals surface area contributed by atoms with Crippen molar-refractivity contribution in [3.63, 3.8) is 0 Å². The molecule has 0 saturated carbocycles. The van der Waals surface area contributed by atoms with Gasteiger partial charge in [0.15, 0.2) is 0 Å². The minimum Gasteiger partial charge on any atom is -0.478 e. The number of hydrogen-bond acceptors (Lipinski definition) is 4. The van der Waals surface area contributed by atoms with Crippen LogP contribution in [-0.4, -0.2) is 47.2 Å². The van der Waals surface area contributed by atoms with Gasteiger partial charge in [0.05, 0.1) is 0 Å². The Morgan fingerprint density at radius 2 is 2.00 bits per heavy atom. The number of carboxylic acids is 1. The molecule has 1 heterocycles. The molecule has 2 rings (SSSR count). The van der Waals surface area contributed by atoms with E-state index in [-0.39, 0.29) is 5.92 Å². The Bertz CT molecular complexity index is 360. The van der Waals surface area contributed by atoms with Gasteiger partial charge in [0.1, 0.15) is 0 Å². The first-order valence-electron chi connectivity index (χ1n) is 6.40. The fourth-order valence-electron chi connectivity index (χ4n) is 2.78. The summed E-state index contributed by atoms with van der Waals surface area (Å²) in [4.78, 5) is 24.4. The minimum absolute atomic E-state index is 0.211. The molecule has 0 aromatic rings. The number of likely N-dealkylation sites (tertiary alicyclic amines) is 1. The maximum Gasteiger partial charge on any atom is 0.345 e. The summed E-state index contributed by atoms with van der Waals surface area (Å²) in [5.74, 6) is -1.82. The molecule has 0 aromatic carbocycles. The number of esters is 1. The highest BCUT2D eigenvalue weighted by Crippen LogP contribution is 2.28. The molecule has 1 N–H and O–H groups in total. The Morgan fingerprint density at radius 1 is 1.33 bits per heavy atom. The number of aliphatic carboxylic acids is 1. The number of carbonyl (C=O) groups excluding carboxylic acids is 1. The molecule has 0 unspecified atom stereocenters. The van der Waals surface area contributed by atoms with Crippen molar-refractivity contribution in [1.29, 1.82) is 0 Å². The first kappa shape index (κ1) is 13.1. The molecular formula is C13H19NO4. The Kier molecular flexibility index (Phi) is 4.01. The van der Waals surface area contributed by atoms with E-state index in [1.807, 2.05) is 6.08 Å². The molecule has 0 bridgehead atoms. The van der Waals surface area contributed by atoms with Crippen molar-refractivity contribution in [1.82, 2.24) is 4.90 Å². The highest BCUT2D eigenvalue weighted by molar-refractivity contribution is 5.77. The van der Waals surface area contributed by atoms with Gasteiger partial charge in [-0.25, -0.2) is 4.79 Å². The molecule has 2 aliphatic rings. The smallest absolute Gasteiger partial charge is 0.345 e. The van der Waals surface area contributed by atoms with Crippen molar-refractivity contribution in [3.05, 3.63) is 12.2 Å². The fraction of sp³-hybridized carbons (Fsp3) is 0.692. The van der Waals surface area contributed by atoms with Gasteiger partial charge in [0.25, 0.3) is 0 Å². The lowest BCUT2D eigenvalue weighted by molar-refractivity contribution is -0.165. The van der Waals surface area contributed by atoms with E-state index >= 15 is 0 Å². The Balaban J connectivity index is 1.95. The third-order valence-electron chi connectivity index (χ3n) is 3.63. The van der Waals surface area contributed by atoms with Gasteiger partial charge in [0.2, 0.25) is 6.10 Å². The van der Waals surface area contributed by atoms with Crippen LogP contribution in [0.5, 0.6) is 0 Å². The molecule has 5 heteroatoms. The zero-order valence-corrected chi connectivity index (χ0v) is 10.5. The molecule has 1 fully saturated rings. The van der Waals surface area contributed by atoms with Crippen LogP contribution in [0.4, 0.5) is 0 Å². The van der Waals surface area contributed by atoms with Crippen LogP contribution < -0.4 is 0 Å². The predicted molar refractivity (Wildman–Crippen MR) is 65.0 cm³/mol. The van der Waals surface area contributed by atoms with E-state index < -0.39 is 18.0 Å². The zero-order valence-electron chi connectivity index (χ0n) is 10.5. The summed E-state index contributed by atoms with van der Waals surface area (Å²) in [6.45, 7) is 3.40. The summed E-state index contributed by atoms with van der Waals surface area (Å²) in [5.41, 5.74) is 0. The van der Waals surface area contributed by atoms with Gasteiger partial charge in [0, 0.05) is 18.9 Å². The van der Waals surface area contributed by atoms with Gasteiger partial charge >= 0.3 is 11.9 Å². The summed E-state index contributed by atoms with van der Waals surface area (Å²) in [6, 6.07) is 0.301. The van der Waals surface area contributed by atoms with E-state index in [1.165, 1.54) is 19.8 Å². The Morgan fingerprint density at radius 3 is 2.56 bits per heavy atom. The Hall–Kier alpha value is -1.36. The summed E-state index contributed by atoms with van der Waals surface area (Å²) < 4.78 is 4.90. The molecule has 100 valence electrons. The largest absolute Gasteiger partial charge is 0.478 e. The van der Waals surface area contributed by atoms with Gasteiger partial charge in [-0.2, -0.15) is 0 Å². The summed E-state index contributed by atoms with van der Waals surface area (Å²) in [7, 11) is 0. The summed E-state index contributed by atoms with van der Waals surface area (Å²) in [5, 5.41) is 9.11. The molecule has 3 atom stereocenters. The average Bonchev–Trinajstić information content (AvgIpc) is 2.95. The molecule has 1 aliphatic heterocycles. The number of ether oxygens (including phenoxy) is 1. The van der Waals surface area contributed by atoms with Crippen molar-refractivity contribution < 1.29 is 19.4 Å². The lowest BCUT2D eigenvalue weighted by atomic mass is 10.0. The number of carbonyl (C=O) groups is 2. The van der Waals surface area contributed by atoms with E-state index in [9.17, 15) is 9.59 Å². The third kappa shape index (κ3) is 2.90. The van der Waals surface area contributed by atoms with Gasteiger partial charge in [-0.05, 0) is 32.4 Å². The topological polar surface area (TPSA) is 66.8 Å². The van der Waals surface area contributed by atoms with E-state index in [4.69, 9.17) is 9.84 Å². The van der Waals surface area contributed by atoms with Crippen molar-refractivity contribution >= 4 is 11.9 Å². The molecule has 5 nitrogen and oxygen atoms in total. The van der Waals surface area contributed by atoms with E-state index in [1.54, 1.807) is 0 Å². The van der Waals surface area contributed by atoms with E-state index in [0.29, 0.717) is 6.04 Å². The number of rotatable bonds is 4. The normalized spacial score (nSPS) is 29.4. The average molecular weight is 253 g/mol. The van der Waals surface area contributed by atoms with Crippen LogP contribution in [0.15, 0.2) is 12.2 Å². The first-order chi connectivity index (χ1) is 8.58. The predicted octanol–water partition coefficient (Wildman–Crippen LogP) is 1.04. The highest BCUT2D eigenvalue weighted by atomic mass is 16.6. The van der Waals surface area contributed by atoms with Crippen LogP contribution in [0.1, 0.15) is 26.2 Å². The monoisotopic (exact) mass is 253 g/mol. The van der Waals surface area contributed by atoms with Crippen LogP contribution in [0, 0.1) is 5.92 Å². The van der Waals surface area contributed by atoms with Gasteiger partial charge in [-0.1, -0.05) is 12.2 Å². The van der Waals surface area contributed by atoms with Crippen molar-refractivity contribution in [3.8, 4) is 0 Å². The van der Waals surface area contributed by atoms with Gasteiger partial charge < -0.3 is 9.84 Å². The van der Waals surface area contributed by atoms with Crippen molar-refractivity contribution in [2.24, 2.45) is 5.92 Å². The fourth-order valence-corrected chi connectivity index (χ4v) is 2.78. The summed E-state index contributed by atoms with van der Waals surface area (Å²) in [6.07, 6.45) is 6.03. The second kappa shape index (κ2) is 5.52.